The molecule has 0 radical (unpaired) electrons. The summed E-state index contributed by atoms with van der Waals surface area (Å²) >= 11 is 5.66. The van der Waals surface area contributed by atoms with Crippen molar-refractivity contribution in [3.05, 3.63) is 70.4 Å². The van der Waals surface area contributed by atoms with Gasteiger partial charge in [0.15, 0.2) is 6.23 Å². The molecule has 1 aliphatic rings. The first kappa shape index (κ1) is 26.6. The highest BCUT2D eigenvalue weighted by Gasteiger charge is 2.45. The van der Waals surface area contributed by atoms with Gasteiger partial charge in [-0.25, -0.2) is 0 Å². The lowest BCUT2D eigenvalue weighted by molar-refractivity contribution is -0.251. The van der Waals surface area contributed by atoms with Crippen molar-refractivity contribution in [1.82, 2.24) is 4.57 Å². The smallest absolute Gasteiger partial charge is 0.164 e. The molecule has 4 rings (SSSR count). The van der Waals surface area contributed by atoms with Crippen molar-refractivity contribution in [1.29, 1.82) is 5.26 Å². The number of nitriles is 1. The second-order valence-electron chi connectivity index (χ2n) is 8.47. The fourth-order valence-electron chi connectivity index (χ4n) is 4.21. The molecular formula is C26H26N4O6S. The Morgan fingerprint density at radius 3 is 2.30 bits per heavy atom. The summed E-state index contributed by atoms with van der Waals surface area (Å²) in [6.45, 7) is 1.08. The van der Waals surface area contributed by atoms with Gasteiger partial charge in [-0.05, 0) is 36.8 Å². The van der Waals surface area contributed by atoms with Crippen LogP contribution in [0.5, 0.6) is 5.75 Å². The Morgan fingerprint density at radius 1 is 1.03 bits per heavy atom. The van der Waals surface area contributed by atoms with Gasteiger partial charge in [0.2, 0.25) is 0 Å². The van der Waals surface area contributed by atoms with Gasteiger partial charge in [0.1, 0.15) is 46.6 Å². The number of nitrogens with zero attached hydrogens (tertiary/aromatic N) is 4. The number of aromatic nitrogens is 1. The van der Waals surface area contributed by atoms with Crippen LogP contribution in [0.4, 0.5) is 11.4 Å². The summed E-state index contributed by atoms with van der Waals surface area (Å²) in [5, 5.41) is 60.2. The van der Waals surface area contributed by atoms with Crippen LogP contribution in [-0.2, 0) is 4.74 Å². The van der Waals surface area contributed by atoms with E-state index in [0.29, 0.717) is 33.9 Å². The molecule has 4 N–H and O–H groups in total. The van der Waals surface area contributed by atoms with Crippen LogP contribution in [0.15, 0.2) is 64.8 Å². The summed E-state index contributed by atoms with van der Waals surface area (Å²) in [4.78, 5) is 0. The summed E-state index contributed by atoms with van der Waals surface area (Å²) in [7, 11) is 1.56. The average Bonchev–Trinajstić information content (AvgIpc) is 2.92. The SMILES string of the molecule is COc1ccc(N=Nc2c(C)c(C#N)c(=S)n([C@H]3O[C@@H](CO)[C@@H](O)[C@@H](O)[C@H]3O)c2-c2ccccc2)cc1. The minimum Gasteiger partial charge on any atom is -0.497 e. The highest BCUT2D eigenvalue weighted by atomic mass is 32.1. The molecule has 11 heteroatoms. The van der Waals surface area contributed by atoms with E-state index in [-0.39, 0.29) is 10.2 Å². The maximum absolute atomic E-state index is 10.9. The molecule has 1 aliphatic heterocycles. The minimum absolute atomic E-state index is 0.0339. The third kappa shape index (κ3) is 5.03. The molecule has 1 aromatic heterocycles. The molecule has 2 aromatic carbocycles. The Balaban J connectivity index is 1.99. The van der Waals surface area contributed by atoms with Crippen LogP contribution in [0.1, 0.15) is 17.4 Å². The van der Waals surface area contributed by atoms with Crippen LogP contribution in [-0.4, -0.2) is 63.1 Å². The Hall–Kier alpha value is -3.50. The second-order valence-corrected chi connectivity index (χ2v) is 8.85. The molecule has 0 amide bonds. The van der Waals surface area contributed by atoms with Crippen molar-refractivity contribution in [2.24, 2.45) is 10.2 Å². The van der Waals surface area contributed by atoms with E-state index in [1.807, 2.05) is 6.07 Å². The predicted octanol–water partition coefficient (Wildman–Crippen LogP) is 3.46. The van der Waals surface area contributed by atoms with Crippen LogP contribution in [0.25, 0.3) is 11.3 Å². The monoisotopic (exact) mass is 522 g/mol. The number of rotatable bonds is 6. The van der Waals surface area contributed by atoms with Crippen molar-refractivity contribution in [2.75, 3.05) is 13.7 Å². The summed E-state index contributed by atoms with van der Waals surface area (Å²) in [6, 6.07) is 18.0. The maximum atomic E-state index is 10.9. The summed E-state index contributed by atoms with van der Waals surface area (Å²) < 4.78 is 12.4. The molecule has 10 nitrogen and oxygen atoms in total. The number of hydrogen-bond donors (Lipinski definition) is 4. The fourth-order valence-corrected chi connectivity index (χ4v) is 4.61. The van der Waals surface area contributed by atoms with E-state index in [0.717, 1.165) is 0 Å². The number of aliphatic hydroxyl groups excluding tert-OH is 4. The van der Waals surface area contributed by atoms with Crippen LogP contribution in [0.3, 0.4) is 0 Å². The Bertz CT molecular complexity index is 1390. The van der Waals surface area contributed by atoms with E-state index < -0.39 is 37.3 Å². The zero-order chi connectivity index (χ0) is 26.7. The Morgan fingerprint density at radius 2 is 1.70 bits per heavy atom. The lowest BCUT2D eigenvalue weighted by Crippen LogP contribution is -2.56. The number of hydrogen-bond acceptors (Lipinski definition) is 10. The second kappa shape index (κ2) is 11.3. The zero-order valence-corrected chi connectivity index (χ0v) is 20.9. The van der Waals surface area contributed by atoms with Gasteiger partial charge in [0, 0.05) is 5.56 Å². The molecule has 0 aliphatic carbocycles. The van der Waals surface area contributed by atoms with Gasteiger partial charge in [-0.2, -0.15) is 10.4 Å². The zero-order valence-electron chi connectivity index (χ0n) is 20.1. The molecule has 1 fully saturated rings. The van der Waals surface area contributed by atoms with Crippen LogP contribution in [0, 0.1) is 22.9 Å². The first-order chi connectivity index (χ1) is 17.8. The normalized spacial score (nSPS) is 23.6. The molecule has 1 saturated heterocycles. The highest BCUT2D eigenvalue weighted by Crippen LogP contribution is 2.41. The Kier molecular flexibility index (Phi) is 8.09. The summed E-state index contributed by atoms with van der Waals surface area (Å²) in [5.41, 5.74) is 2.40. The summed E-state index contributed by atoms with van der Waals surface area (Å²) in [5.74, 6) is 0.655. The maximum Gasteiger partial charge on any atom is 0.164 e. The molecule has 0 bridgehead atoms. The lowest BCUT2D eigenvalue weighted by atomic mass is 9.96. The standard InChI is InChI=1S/C26H26N4O6S/c1-14-18(12-27)26(37)30(25-24(34)23(33)22(32)19(13-31)36-25)21(15-6-4-3-5-7-15)20(14)29-28-16-8-10-17(35-2)11-9-16/h3-11,19,22-25,31-34H,13H2,1-2H3/t19-,22+,23+,24+,25-/m0/s1. The number of methoxy groups -OCH3 is 1. The van der Waals surface area contributed by atoms with Gasteiger partial charge in [-0.1, -0.05) is 42.5 Å². The molecule has 0 unspecified atom stereocenters. The fraction of sp³-hybridized carbons (Fsp3) is 0.308. The molecule has 2 heterocycles. The highest BCUT2D eigenvalue weighted by molar-refractivity contribution is 7.71. The molecular weight excluding hydrogens is 496 g/mol. The molecule has 3 aromatic rings. The van der Waals surface area contributed by atoms with E-state index in [9.17, 15) is 25.7 Å². The van der Waals surface area contributed by atoms with Crippen molar-refractivity contribution < 1.29 is 29.9 Å². The van der Waals surface area contributed by atoms with Crippen LogP contribution in [0.2, 0.25) is 0 Å². The van der Waals surface area contributed by atoms with Crippen molar-refractivity contribution >= 4 is 23.6 Å². The third-order valence-corrected chi connectivity index (χ3v) is 6.65. The number of benzene rings is 2. The van der Waals surface area contributed by atoms with Crippen LogP contribution < -0.4 is 4.74 Å². The van der Waals surface area contributed by atoms with Gasteiger partial charge in [-0.3, -0.25) is 4.57 Å². The minimum atomic E-state index is -1.64. The lowest BCUT2D eigenvalue weighted by Gasteiger charge is -2.41. The molecule has 5 atom stereocenters. The largest absolute Gasteiger partial charge is 0.497 e. The van der Waals surface area contributed by atoms with Crippen molar-refractivity contribution in [2.45, 2.75) is 37.6 Å². The van der Waals surface area contributed by atoms with E-state index in [1.54, 1.807) is 62.6 Å². The molecule has 37 heavy (non-hydrogen) atoms. The number of azo groups is 1. The van der Waals surface area contributed by atoms with E-state index in [1.165, 1.54) is 4.57 Å². The number of ether oxygens (including phenoxy) is 2. The van der Waals surface area contributed by atoms with Crippen molar-refractivity contribution in [3.8, 4) is 23.1 Å². The van der Waals surface area contributed by atoms with Gasteiger partial charge in [0.25, 0.3) is 0 Å². The first-order valence-electron chi connectivity index (χ1n) is 11.4. The predicted molar refractivity (Wildman–Crippen MR) is 136 cm³/mol. The van der Waals surface area contributed by atoms with Crippen LogP contribution >= 0.6 is 12.2 Å². The molecule has 0 saturated carbocycles. The van der Waals surface area contributed by atoms with Gasteiger partial charge >= 0.3 is 0 Å². The van der Waals surface area contributed by atoms with Gasteiger partial charge < -0.3 is 29.9 Å². The van der Waals surface area contributed by atoms with Gasteiger partial charge in [0.05, 0.1) is 30.7 Å². The average molecular weight is 523 g/mol. The summed E-state index contributed by atoms with van der Waals surface area (Å²) in [6.07, 6.45) is -7.35. The topological polar surface area (TPSA) is 153 Å². The Labute approximate surface area is 218 Å². The first-order valence-corrected chi connectivity index (χ1v) is 11.8. The number of pyridine rings is 1. The quantitative estimate of drug-likeness (QED) is 0.284. The van der Waals surface area contributed by atoms with Gasteiger partial charge in [-0.15, -0.1) is 5.11 Å². The molecule has 0 spiro atoms. The molecule has 192 valence electrons. The van der Waals surface area contributed by atoms with E-state index >= 15 is 0 Å². The van der Waals surface area contributed by atoms with Crippen molar-refractivity contribution in [3.63, 3.8) is 0 Å². The number of aliphatic hydroxyl groups is 4. The van der Waals surface area contributed by atoms with E-state index in [4.69, 9.17) is 21.7 Å². The van der Waals surface area contributed by atoms with E-state index in [2.05, 4.69) is 16.3 Å². The third-order valence-electron chi connectivity index (χ3n) is 6.25.